The number of nitrogens with one attached hydrogen (secondary N) is 1. The molecule has 6 heteroatoms. The summed E-state index contributed by atoms with van der Waals surface area (Å²) in [4.78, 5) is 25.7. The zero-order valence-electron chi connectivity index (χ0n) is 15.1. The molecule has 134 valence electrons. The number of methoxy groups -OCH3 is 1. The maximum absolute atomic E-state index is 12.3. The number of aryl methyl sites for hydroxylation is 2. The Morgan fingerprint density at radius 2 is 2.00 bits per heavy atom. The molecule has 0 aliphatic rings. The fourth-order valence-corrected chi connectivity index (χ4v) is 2.63. The van der Waals surface area contributed by atoms with Crippen molar-refractivity contribution in [2.45, 2.75) is 26.8 Å². The molecular formula is C19H24N2O4. The van der Waals surface area contributed by atoms with Crippen LogP contribution < -0.4 is 5.32 Å². The van der Waals surface area contributed by atoms with E-state index in [0.717, 1.165) is 23.2 Å². The number of hydrogen-bond acceptors (Lipinski definition) is 5. The van der Waals surface area contributed by atoms with E-state index in [2.05, 4.69) is 17.0 Å². The zero-order chi connectivity index (χ0) is 18.4. The number of esters is 1. The van der Waals surface area contributed by atoms with Gasteiger partial charge in [-0.2, -0.15) is 0 Å². The summed E-state index contributed by atoms with van der Waals surface area (Å²) >= 11 is 0. The van der Waals surface area contributed by atoms with Gasteiger partial charge in [0.15, 0.2) is 0 Å². The van der Waals surface area contributed by atoms with Crippen LogP contribution in [-0.4, -0.2) is 37.5 Å². The van der Waals surface area contributed by atoms with Gasteiger partial charge in [-0.05, 0) is 38.1 Å². The van der Waals surface area contributed by atoms with Crippen molar-refractivity contribution in [2.75, 3.05) is 26.0 Å². The second-order valence-corrected chi connectivity index (χ2v) is 5.95. The average molecular weight is 344 g/mol. The van der Waals surface area contributed by atoms with Crippen LogP contribution >= 0.6 is 0 Å². The molecular weight excluding hydrogens is 320 g/mol. The molecule has 0 unspecified atom stereocenters. The van der Waals surface area contributed by atoms with Gasteiger partial charge in [0.05, 0.1) is 20.2 Å². The number of benzene rings is 1. The first-order valence-electron chi connectivity index (χ1n) is 8.18. The molecule has 0 bridgehead atoms. The number of amides is 1. The number of likely N-dealkylation sites (N-methyl/N-ethyl adjacent to an activating group) is 1. The summed E-state index contributed by atoms with van der Waals surface area (Å²) in [5, 5.41) is 2.94. The Balaban J connectivity index is 1.94. The van der Waals surface area contributed by atoms with E-state index in [0.29, 0.717) is 12.3 Å². The molecule has 0 aliphatic heterocycles. The highest BCUT2D eigenvalue weighted by atomic mass is 16.5. The van der Waals surface area contributed by atoms with Gasteiger partial charge >= 0.3 is 5.97 Å². The van der Waals surface area contributed by atoms with Gasteiger partial charge < -0.3 is 14.5 Å². The van der Waals surface area contributed by atoms with Crippen LogP contribution in [0.3, 0.4) is 0 Å². The molecule has 1 aromatic carbocycles. The number of furan rings is 1. The lowest BCUT2D eigenvalue weighted by molar-refractivity contribution is -0.117. The van der Waals surface area contributed by atoms with Crippen molar-refractivity contribution >= 4 is 17.6 Å². The second-order valence-electron chi connectivity index (χ2n) is 5.95. The minimum Gasteiger partial charge on any atom is -0.463 e. The summed E-state index contributed by atoms with van der Waals surface area (Å²) in [6.45, 7) is 4.47. The van der Waals surface area contributed by atoms with Crippen LogP contribution in [0.15, 0.2) is 34.7 Å². The van der Waals surface area contributed by atoms with Crippen molar-refractivity contribution in [3.63, 3.8) is 0 Å². The van der Waals surface area contributed by atoms with Gasteiger partial charge in [0.2, 0.25) is 11.7 Å². The first-order valence-corrected chi connectivity index (χ1v) is 8.18. The van der Waals surface area contributed by atoms with Gasteiger partial charge in [0.1, 0.15) is 5.76 Å². The molecule has 0 atom stereocenters. The Bertz CT molecular complexity index is 752. The van der Waals surface area contributed by atoms with Crippen molar-refractivity contribution in [1.29, 1.82) is 0 Å². The third-order valence-corrected chi connectivity index (χ3v) is 3.85. The monoisotopic (exact) mass is 344 g/mol. The molecule has 2 rings (SSSR count). The highest BCUT2D eigenvalue weighted by molar-refractivity contribution is 5.93. The molecule has 1 N–H and O–H groups in total. The molecule has 0 saturated carbocycles. The predicted octanol–water partition coefficient (Wildman–Crippen LogP) is 3.01. The fourth-order valence-electron chi connectivity index (χ4n) is 2.63. The lowest BCUT2D eigenvalue weighted by Crippen LogP contribution is -2.30. The van der Waals surface area contributed by atoms with Crippen molar-refractivity contribution in [2.24, 2.45) is 0 Å². The minimum atomic E-state index is -0.500. The quantitative estimate of drug-likeness (QED) is 0.782. The maximum Gasteiger partial charge on any atom is 0.374 e. The van der Waals surface area contributed by atoms with Gasteiger partial charge in [-0.15, -0.1) is 0 Å². The fraction of sp³-hybridized carbons (Fsp3) is 0.368. The first-order chi connectivity index (χ1) is 11.9. The number of ether oxygens (including phenoxy) is 1. The summed E-state index contributed by atoms with van der Waals surface area (Å²) in [5.74, 6) is 0.217. The van der Waals surface area contributed by atoms with Crippen LogP contribution in [0.4, 0.5) is 5.69 Å². The van der Waals surface area contributed by atoms with Crippen LogP contribution in [0.1, 0.15) is 34.4 Å². The number of nitrogens with zero attached hydrogens (tertiary/aromatic N) is 1. The largest absolute Gasteiger partial charge is 0.463 e. The predicted molar refractivity (Wildman–Crippen MR) is 95.6 cm³/mol. The van der Waals surface area contributed by atoms with Crippen LogP contribution in [0.25, 0.3) is 0 Å². The molecule has 1 aromatic heterocycles. The van der Waals surface area contributed by atoms with E-state index >= 15 is 0 Å². The number of para-hydroxylation sites is 1. The number of rotatable bonds is 7. The third-order valence-electron chi connectivity index (χ3n) is 3.85. The lowest BCUT2D eigenvalue weighted by atomic mass is 10.1. The van der Waals surface area contributed by atoms with Crippen molar-refractivity contribution in [3.05, 3.63) is 53.0 Å². The Hall–Kier alpha value is -2.60. The summed E-state index contributed by atoms with van der Waals surface area (Å²) in [6, 6.07) is 9.54. The van der Waals surface area contributed by atoms with Crippen LogP contribution in [-0.2, 0) is 22.5 Å². The van der Waals surface area contributed by atoms with E-state index in [4.69, 9.17) is 4.42 Å². The van der Waals surface area contributed by atoms with Crippen LogP contribution in [0.5, 0.6) is 0 Å². The summed E-state index contributed by atoms with van der Waals surface area (Å²) < 4.78 is 10.2. The maximum atomic E-state index is 12.3. The molecule has 0 saturated heterocycles. The van der Waals surface area contributed by atoms with Crippen molar-refractivity contribution < 1.29 is 18.7 Å². The Kier molecular flexibility index (Phi) is 6.36. The molecule has 0 radical (unpaired) electrons. The molecule has 2 aromatic rings. The Morgan fingerprint density at radius 3 is 2.68 bits per heavy atom. The van der Waals surface area contributed by atoms with E-state index in [1.165, 1.54) is 7.11 Å². The smallest absolute Gasteiger partial charge is 0.374 e. The summed E-state index contributed by atoms with van der Waals surface area (Å²) in [7, 11) is 3.13. The molecule has 6 nitrogen and oxygen atoms in total. The first kappa shape index (κ1) is 18.7. The number of carbonyl (C=O) groups excluding carboxylic acids is 2. The SMILES string of the molecule is CCc1ccccc1NC(=O)CN(C)Cc1cc(C)c(C(=O)OC)o1. The normalized spacial score (nSPS) is 10.8. The molecule has 1 heterocycles. The zero-order valence-corrected chi connectivity index (χ0v) is 15.1. The van der Waals surface area contributed by atoms with Crippen LogP contribution in [0, 0.1) is 6.92 Å². The average Bonchev–Trinajstić information content (AvgIpc) is 2.94. The highest BCUT2D eigenvalue weighted by Gasteiger charge is 2.17. The molecule has 25 heavy (non-hydrogen) atoms. The Labute approximate surface area is 147 Å². The lowest BCUT2D eigenvalue weighted by Gasteiger charge is -2.16. The number of hydrogen-bond donors (Lipinski definition) is 1. The highest BCUT2D eigenvalue weighted by Crippen LogP contribution is 2.18. The summed E-state index contributed by atoms with van der Waals surface area (Å²) in [6.07, 6.45) is 0.855. The van der Waals surface area contributed by atoms with Gasteiger partial charge in [-0.3, -0.25) is 9.69 Å². The van der Waals surface area contributed by atoms with Gasteiger partial charge in [-0.1, -0.05) is 25.1 Å². The standard InChI is InChI=1S/C19H24N2O4/c1-5-14-8-6-7-9-16(14)20-17(22)12-21(3)11-15-10-13(2)18(25-15)19(23)24-4/h6-10H,5,11-12H2,1-4H3,(H,20,22). The third kappa shape index (κ3) is 4.93. The molecule has 1 amide bonds. The molecule has 0 aliphatic carbocycles. The van der Waals surface area contributed by atoms with E-state index in [9.17, 15) is 9.59 Å². The molecule has 0 fully saturated rings. The Morgan fingerprint density at radius 1 is 1.28 bits per heavy atom. The van der Waals surface area contributed by atoms with E-state index < -0.39 is 5.97 Å². The number of carbonyl (C=O) groups is 2. The minimum absolute atomic E-state index is 0.0973. The summed E-state index contributed by atoms with van der Waals surface area (Å²) in [5.41, 5.74) is 2.66. The topological polar surface area (TPSA) is 71.8 Å². The molecule has 0 spiro atoms. The van der Waals surface area contributed by atoms with Crippen LogP contribution in [0.2, 0.25) is 0 Å². The van der Waals surface area contributed by atoms with Gasteiger partial charge in [0, 0.05) is 11.3 Å². The van der Waals surface area contributed by atoms with Crippen molar-refractivity contribution in [1.82, 2.24) is 4.90 Å². The van der Waals surface area contributed by atoms with E-state index in [1.807, 2.05) is 36.2 Å². The van der Waals surface area contributed by atoms with Gasteiger partial charge in [0.25, 0.3) is 0 Å². The second kappa shape index (κ2) is 8.48. The van der Waals surface area contributed by atoms with Crippen molar-refractivity contribution in [3.8, 4) is 0 Å². The van der Waals surface area contributed by atoms with E-state index in [-0.39, 0.29) is 18.2 Å². The van der Waals surface area contributed by atoms with Gasteiger partial charge in [-0.25, -0.2) is 4.79 Å². The van der Waals surface area contributed by atoms with E-state index in [1.54, 1.807) is 13.0 Å². The number of anilines is 1.